The third-order valence-corrected chi connectivity index (χ3v) is 4.98. The van der Waals surface area contributed by atoms with Crippen molar-refractivity contribution in [2.24, 2.45) is 5.73 Å². The van der Waals surface area contributed by atoms with Gasteiger partial charge in [-0.15, -0.1) is 0 Å². The molecule has 1 atom stereocenters. The zero-order chi connectivity index (χ0) is 10.9. The van der Waals surface area contributed by atoms with Gasteiger partial charge < -0.3 is 5.73 Å². The lowest BCUT2D eigenvalue weighted by Gasteiger charge is -2.09. The van der Waals surface area contributed by atoms with Crippen LogP contribution in [0.3, 0.4) is 0 Å². The Hall–Kier alpha value is -0.940. The first kappa shape index (κ1) is 10.6. The van der Waals surface area contributed by atoms with Gasteiger partial charge in [-0.05, 0) is 24.0 Å². The van der Waals surface area contributed by atoms with Crippen molar-refractivity contribution in [3.63, 3.8) is 0 Å². The summed E-state index contributed by atoms with van der Waals surface area (Å²) in [6, 6.07) is 1.85. The maximum absolute atomic E-state index is 11.7. The Kier molecular flexibility index (Phi) is 2.75. The third kappa shape index (κ3) is 2.03. The first-order valence-corrected chi connectivity index (χ1v) is 6.70. The second-order valence-corrected chi connectivity index (χ2v) is 6.13. The van der Waals surface area contributed by atoms with Gasteiger partial charge in [0.1, 0.15) is 0 Å². The molecule has 1 aromatic rings. The zero-order valence-electron chi connectivity index (χ0n) is 8.39. The van der Waals surface area contributed by atoms with Gasteiger partial charge >= 0.3 is 0 Å². The van der Waals surface area contributed by atoms with Crippen LogP contribution < -0.4 is 5.73 Å². The molecule has 1 aliphatic heterocycles. The Morgan fingerprint density at radius 3 is 2.87 bits per heavy atom. The predicted octanol–water partition coefficient (Wildman–Crippen LogP) is 0.790. The minimum atomic E-state index is -2.95. The fraction of sp³-hybridized carbons (Fsp3) is 0.500. The van der Waals surface area contributed by atoms with Gasteiger partial charge in [0.15, 0.2) is 9.84 Å². The molecular weight excluding hydrogens is 212 g/mol. The zero-order valence-corrected chi connectivity index (χ0v) is 9.20. The second kappa shape index (κ2) is 3.90. The predicted molar refractivity (Wildman–Crippen MR) is 57.9 cm³/mol. The van der Waals surface area contributed by atoms with Gasteiger partial charge in [-0.2, -0.15) is 0 Å². The van der Waals surface area contributed by atoms with Crippen molar-refractivity contribution in [1.82, 2.24) is 4.98 Å². The summed E-state index contributed by atoms with van der Waals surface area (Å²) >= 11 is 0. The lowest BCUT2D eigenvalue weighted by atomic mass is 10.1. The highest BCUT2D eigenvalue weighted by atomic mass is 32.2. The van der Waals surface area contributed by atoms with Gasteiger partial charge in [0, 0.05) is 18.9 Å². The van der Waals surface area contributed by atoms with Gasteiger partial charge in [0.05, 0.1) is 11.0 Å². The number of hydrogen-bond donors (Lipinski definition) is 1. The largest absolute Gasteiger partial charge is 0.326 e. The molecule has 0 spiro atoms. The molecule has 0 radical (unpaired) electrons. The molecule has 0 saturated carbocycles. The molecule has 1 aliphatic rings. The van der Waals surface area contributed by atoms with Crippen LogP contribution in [0, 0.1) is 0 Å². The van der Waals surface area contributed by atoms with E-state index in [1.54, 1.807) is 12.4 Å². The van der Waals surface area contributed by atoms with E-state index in [1.807, 2.05) is 6.07 Å². The van der Waals surface area contributed by atoms with Crippen LogP contribution in [0.15, 0.2) is 18.5 Å². The van der Waals surface area contributed by atoms with Crippen molar-refractivity contribution in [1.29, 1.82) is 0 Å². The minimum absolute atomic E-state index is 0.296. The first-order valence-electron chi connectivity index (χ1n) is 4.99. The maximum Gasteiger partial charge on any atom is 0.157 e. The molecule has 1 unspecified atom stereocenters. The fourth-order valence-corrected chi connectivity index (χ4v) is 3.88. The van der Waals surface area contributed by atoms with Gasteiger partial charge in [0.2, 0.25) is 0 Å². The Bertz CT molecular complexity index is 456. The summed E-state index contributed by atoms with van der Waals surface area (Å²) in [5.74, 6) is 0.296. The average molecular weight is 226 g/mol. The van der Waals surface area contributed by atoms with E-state index in [9.17, 15) is 8.42 Å². The molecule has 2 N–H and O–H groups in total. The van der Waals surface area contributed by atoms with Gasteiger partial charge in [-0.25, -0.2) is 8.42 Å². The Balaban J connectivity index is 2.37. The molecule has 15 heavy (non-hydrogen) atoms. The van der Waals surface area contributed by atoms with Crippen LogP contribution in [0.2, 0.25) is 0 Å². The highest BCUT2D eigenvalue weighted by molar-refractivity contribution is 7.91. The molecule has 2 rings (SSSR count). The van der Waals surface area contributed by atoms with Crippen molar-refractivity contribution < 1.29 is 8.42 Å². The molecule has 5 heteroatoms. The normalized spacial score (nSPS) is 24.2. The van der Waals surface area contributed by atoms with E-state index in [-0.39, 0.29) is 5.25 Å². The van der Waals surface area contributed by atoms with Gasteiger partial charge in [-0.3, -0.25) is 4.98 Å². The summed E-state index contributed by atoms with van der Waals surface area (Å²) in [6.45, 7) is 0.396. The van der Waals surface area contributed by atoms with Crippen molar-refractivity contribution in [2.75, 3.05) is 5.75 Å². The van der Waals surface area contributed by atoms with Crippen LogP contribution in [0.1, 0.15) is 29.2 Å². The standard InChI is InChI=1S/C10H14N2O2S/c11-5-8-4-9(7-12-6-8)10-2-1-3-15(10,13)14/h4,6-7,10H,1-3,5,11H2. The molecule has 1 saturated heterocycles. The smallest absolute Gasteiger partial charge is 0.157 e. The number of sulfone groups is 1. The van der Waals surface area contributed by atoms with E-state index in [4.69, 9.17) is 5.73 Å². The average Bonchev–Trinajstić information content (AvgIpc) is 2.58. The van der Waals surface area contributed by atoms with Crippen LogP contribution in [-0.2, 0) is 16.4 Å². The van der Waals surface area contributed by atoms with Crippen LogP contribution >= 0.6 is 0 Å². The number of nitrogens with zero attached hydrogens (tertiary/aromatic N) is 1. The lowest BCUT2D eigenvalue weighted by molar-refractivity contribution is 0.592. The quantitative estimate of drug-likeness (QED) is 0.809. The molecule has 2 heterocycles. The van der Waals surface area contributed by atoms with Crippen LogP contribution in [0.4, 0.5) is 0 Å². The van der Waals surface area contributed by atoms with Crippen LogP contribution in [-0.4, -0.2) is 19.2 Å². The van der Waals surface area contributed by atoms with E-state index in [2.05, 4.69) is 4.98 Å². The van der Waals surface area contributed by atoms with Gasteiger partial charge in [0.25, 0.3) is 0 Å². The number of pyridine rings is 1. The van der Waals surface area contributed by atoms with Crippen LogP contribution in [0.25, 0.3) is 0 Å². The van der Waals surface area contributed by atoms with Crippen molar-refractivity contribution in [2.45, 2.75) is 24.6 Å². The van der Waals surface area contributed by atoms with E-state index >= 15 is 0 Å². The highest BCUT2D eigenvalue weighted by Crippen LogP contribution is 2.34. The highest BCUT2D eigenvalue weighted by Gasteiger charge is 2.32. The fourth-order valence-electron chi connectivity index (χ4n) is 1.96. The number of aromatic nitrogens is 1. The maximum atomic E-state index is 11.7. The van der Waals surface area contributed by atoms with Crippen molar-refractivity contribution >= 4 is 9.84 Å². The molecule has 0 amide bonds. The lowest BCUT2D eigenvalue weighted by Crippen LogP contribution is -2.09. The van der Waals surface area contributed by atoms with E-state index < -0.39 is 9.84 Å². The molecule has 4 nitrogen and oxygen atoms in total. The topological polar surface area (TPSA) is 73.0 Å². The first-order chi connectivity index (χ1) is 7.13. The van der Waals surface area contributed by atoms with E-state index in [0.717, 1.165) is 17.5 Å². The monoisotopic (exact) mass is 226 g/mol. The van der Waals surface area contributed by atoms with E-state index in [1.165, 1.54) is 0 Å². The third-order valence-electron chi connectivity index (χ3n) is 2.75. The summed E-state index contributed by atoms with van der Waals surface area (Å²) in [5.41, 5.74) is 7.17. The summed E-state index contributed by atoms with van der Waals surface area (Å²) in [5, 5.41) is -0.364. The second-order valence-electron chi connectivity index (χ2n) is 3.83. The number of rotatable bonds is 2. The molecule has 0 bridgehead atoms. The molecule has 1 fully saturated rings. The summed E-state index contributed by atoms with van der Waals surface area (Å²) in [7, 11) is -2.95. The Morgan fingerprint density at radius 2 is 2.27 bits per heavy atom. The Morgan fingerprint density at radius 1 is 1.47 bits per heavy atom. The molecule has 0 aliphatic carbocycles. The minimum Gasteiger partial charge on any atom is -0.326 e. The van der Waals surface area contributed by atoms with Gasteiger partial charge in [-0.1, -0.05) is 6.07 Å². The van der Waals surface area contributed by atoms with Crippen LogP contribution in [0.5, 0.6) is 0 Å². The SMILES string of the molecule is NCc1cncc(C2CCCS2(=O)=O)c1. The van der Waals surface area contributed by atoms with Crippen molar-refractivity contribution in [3.05, 3.63) is 29.6 Å². The molecule has 82 valence electrons. The number of hydrogen-bond acceptors (Lipinski definition) is 4. The molecular formula is C10H14N2O2S. The number of nitrogens with two attached hydrogens (primary N) is 1. The molecule has 1 aromatic heterocycles. The summed E-state index contributed by atoms with van der Waals surface area (Å²) < 4.78 is 23.4. The summed E-state index contributed by atoms with van der Waals surface area (Å²) in [4.78, 5) is 4.02. The Labute approximate surface area is 89.4 Å². The molecule has 0 aromatic carbocycles. The van der Waals surface area contributed by atoms with Crippen molar-refractivity contribution in [3.8, 4) is 0 Å². The van der Waals surface area contributed by atoms with E-state index in [0.29, 0.717) is 18.7 Å². The summed E-state index contributed by atoms with van der Waals surface area (Å²) in [6.07, 6.45) is 4.76.